The maximum Gasteiger partial charge on any atom is 0.227 e. The molecule has 1 aliphatic rings. The van der Waals surface area contributed by atoms with Gasteiger partial charge in [0, 0.05) is 37.9 Å². The zero-order valence-electron chi connectivity index (χ0n) is 16.6. The molecule has 8 heteroatoms. The molecular formula is C21H26N6O2. The molecule has 29 heavy (non-hydrogen) atoms. The van der Waals surface area contributed by atoms with E-state index in [1.807, 2.05) is 40.8 Å². The van der Waals surface area contributed by atoms with Crippen LogP contribution in [0.2, 0.25) is 0 Å². The molecule has 0 radical (unpaired) electrons. The Morgan fingerprint density at radius 2 is 2.03 bits per heavy atom. The number of ether oxygens (including phenoxy) is 1. The molecule has 1 amide bonds. The van der Waals surface area contributed by atoms with Gasteiger partial charge in [-0.25, -0.2) is 14.6 Å². The van der Waals surface area contributed by atoms with Crippen molar-refractivity contribution >= 4 is 17.1 Å². The Bertz CT molecular complexity index is 985. The molecule has 152 valence electrons. The lowest BCUT2D eigenvalue weighted by Gasteiger charge is -2.16. The van der Waals surface area contributed by atoms with E-state index in [4.69, 9.17) is 15.6 Å². The van der Waals surface area contributed by atoms with E-state index in [1.54, 1.807) is 12.4 Å². The van der Waals surface area contributed by atoms with E-state index in [9.17, 15) is 4.79 Å². The lowest BCUT2D eigenvalue weighted by atomic mass is 10.0. The van der Waals surface area contributed by atoms with E-state index in [2.05, 4.69) is 9.97 Å². The number of rotatable bonds is 7. The van der Waals surface area contributed by atoms with E-state index in [-0.39, 0.29) is 11.8 Å². The van der Waals surface area contributed by atoms with E-state index < -0.39 is 0 Å². The number of carbonyl (C=O) groups excluding carboxylic acids is 1. The number of nitrogens with two attached hydrogens (primary N) is 1. The third kappa shape index (κ3) is 4.07. The minimum atomic E-state index is 0.133. The minimum absolute atomic E-state index is 0.133. The minimum Gasteiger partial charge on any atom is -0.494 e. The van der Waals surface area contributed by atoms with Crippen molar-refractivity contribution in [2.45, 2.75) is 32.2 Å². The summed E-state index contributed by atoms with van der Waals surface area (Å²) in [6.45, 7) is 5.06. The predicted octanol–water partition coefficient (Wildman–Crippen LogP) is 1.74. The van der Waals surface area contributed by atoms with Gasteiger partial charge in [-0.05, 0) is 31.0 Å². The molecule has 4 rings (SSSR count). The van der Waals surface area contributed by atoms with Crippen molar-refractivity contribution in [3.8, 4) is 5.75 Å². The van der Waals surface area contributed by atoms with Crippen LogP contribution in [-0.4, -0.2) is 56.8 Å². The summed E-state index contributed by atoms with van der Waals surface area (Å²) in [5, 5.41) is 4.73. The number of nitrogens with zero attached hydrogens (tertiary/aromatic N) is 5. The molecule has 0 spiro atoms. The molecule has 0 bridgehead atoms. The van der Waals surface area contributed by atoms with Crippen LogP contribution in [-0.2, 0) is 17.8 Å². The molecular weight excluding hydrogens is 368 g/mol. The Labute approximate surface area is 169 Å². The zero-order valence-corrected chi connectivity index (χ0v) is 16.6. The summed E-state index contributed by atoms with van der Waals surface area (Å²) >= 11 is 0. The van der Waals surface area contributed by atoms with Crippen LogP contribution >= 0.6 is 0 Å². The Kier molecular flexibility index (Phi) is 5.71. The number of aromatic nitrogens is 4. The van der Waals surface area contributed by atoms with Gasteiger partial charge in [0.25, 0.3) is 0 Å². The van der Waals surface area contributed by atoms with Crippen LogP contribution in [0, 0.1) is 0 Å². The molecule has 8 nitrogen and oxygen atoms in total. The van der Waals surface area contributed by atoms with Crippen molar-refractivity contribution in [3.63, 3.8) is 0 Å². The zero-order chi connectivity index (χ0) is 20.2. The van der Waals surface area contributed by atoms with Gasteiger partial charge in [-0.3, -0.25) is 4.79 Å². The van der Waals surface area contributed by atoms with Crippen LogP contribution in [0.4, 0.5) is 0 Å². The molecule has 0 saturated carbocycles. The first-order valence-corrected chi connectivity index (χ1v) is 10.1. The lowest BCUT2D eigenvalue weighted by molar-refractivity contribution is -0.129. The number of fused-ring (bicyclic) bond motifs is 1. The fourth-order valence-electron chi connectivity index (χ4n) is 3.84. The molecule has 3 aromatic rings. The average Bonchev–Trinajstić information content (AvgIpc) is 3.36. The maximum absolute atomic E-state index is 12.8. The van der Waals surface area contributed by atoms with Gasteiger partial charge in [-0.2, -0.15) is 5.10 Å². The number of hydrogen-bond acceptors (Lipinski definition) is 6. The van der Waals surface area contributed by atoms with Crippen molar-refractivity contribution in [3.05, 3.63) is 47.9 Å². The number of amides is 1. The highest BCUT2D eigenvalue weighted by Gasteiger charge is 2.31. The molecule has 1 unspecified atom stereocenters. The summed E-state index contributed by atoms with van der Waals surface area (Å²) in [5.74, 6) is 1.12. The van der Waals surface area contributed by atoms with Crippen molar-refractivity contribution in [2.75, 3.05) is 26.2 Å². The third-order valence-electron chi connectivity index (χ3n) is 5.25. The van der Waals surface area contributed by atoms with Gasteiger partial charge in [0.05, 0.1) is 25.3 Å². The fourth-order valence-corrected chi connectivity index (χ4v) is 3.84. The number of benzene rings is 1. The van der Waals surface area contributed by atoms with Gasteiger partial charge >= 0.3 is 0 Å². The first kappa shape index (κ1) is 19.3. The van der Waals surface area contributed by atoms with E-state index in [0.717, 1.165) is 41.1 Å². The number of hydrogen-bond donors (Lipinski definition) is 1. The fraction of sp³-hybridized carbons (Fsp3) is 0.429. The van der Waals surface area contributed by atoms with Crippen molar-refractivity contribution < 1.29 is 9.53 Å². The molecule has 0 aliphatic carbocycles. The molecule has 1 aromatic carbocycles. The van der Waals surface area contributed by atoms with Crippen LogP contribution in [0.15, 0.2) is 36.7 Å². The highest BCUT2D eigenvalue weighted by Crippen LogP contribution is 2.30. The van der Waals surface area contributed by atoms with Crippen molar-refractivity contribution in [1.29, 1.82) is 0 Å². The second kappa shape index (κ2) is 8.57. The summed E-state index contributed by atoms with van der Waals surface area (Å²) in [6.07, 6.45) is 4.62. The van der Waals surface area contributed by atoms with Gasteiger partial charge < -0.3 is 15.4 Å². The van der Waals surface area contributed by atoms with Crippen LogP contribution < -0.4 is 10.5 Å². The largest absolute Gasteiger partial charge is 0.494 e. The standard InChI is InChI=1S/C21H26N6O2/c1-2-29-17-5-3-15(4-6-17)13-18(28)26-11-7-16(14-26)19-20-21(24-10-9-23-20)27(25-19)12-8-22/h3-6,9-10,16H,2,7-8,11-14,22H2,1H3. The average molecular weight is 394 g/mol. The van der Waals surface area contributed by atoms with Gasteiger partial charge in [0.1, 0.15) is 11.3 Å². The first-order chi connectivity index (χ1) is 14.2. The van der Waals surface area contributed by atoms with E-state index in [1.165, 1.54) is 0 Å². The molecule has 1 aliphatic heterocycles. The van der Waals surface area contributed by atoms with Gasteiger partial charge in [-0.15, -0.1) is 0 Å². The Morgan fingerprint density at radius 1 is 1.24 bits per heavy atom. The molecule has 1 saturated heterocycles. The molecule has 1 fully saturated rings. The van der Waals surface area contributed by atoms with E-state index in [0.29, 0.717) is 32.7 Å². The smallest absolute Gasteiger partial charge is 0.227 e. The first-order valence-electron chi connectivity index (χ1n) is 10.1. The molecule has 2 aromatic heterocycles. The summed E-state index contributed by atoms with van der Waals surface area (Å²) in [7, 11) is 0. The van der Waals surface area contributed by atoms with Gasteiger partial charge in [-0.1, -0.05) is 12.1 Å². The summed E-state index contributed by atoms with van der Waals surface area (Å²) < 4.78 is 7.28. The summed E-state index contributed by atoms with van der Waals surface area (Å²) in [4.78, 5) is 23.6. The van der Waals surface area contributed by atoms with Crippen LogP contribution in [0.25, 0.3) is 11.2 Å². The normalized spacial score (nSPS) is 16.5. The molecule has 3 heterocycles. The highest BCUT2D eigenvalue weighted by atomic mass is 16.5. The lowest BCUT2D eigenvalue weighted by Crippen LogP contribution is -2.30. The summed E-state index contributed by atoms with van der Waals surface area (Å²) in [6, 6.07) is 7.73. The van der Waals surface area contributed by atoms with Crippen LogP contribution in [0.3, 0.4) is 0 Å². The highest BCUT2D eigenvalue weighted by molar-refractivity contribution is 5.79. The van der Waals surface area contributed by atoms with Crippen molar-refractivity contribution in [2.24, 2.45) is 5.73 Å². The Morgan fingerprint density at radius 3 is 2.79 bits per heavy atom. The molecule has 1 atom stereocenters. The van der Waals surface area contributed by atoms with Gasteiger partial charge in [0.15, 0.2) is 5.65 Å². The maximum atomic E-state index is 12.8. The SMILES string of the molecule is CCOc1ccc(CC(=O)N2CCC(c3nn(CCN)c4nccnc34)C2)cc1. The second-order valence-corrected chi connectivity index (χ2v) is 7.20. The monoisotopic (exact) mass is 394 g/mol. The van der Waals surface area contributed by atoms with Crippen LogP contribution in [0.1, 0.15) is 30.5 Å². The van der Waals surface area contributed by atoms with Crippen molar-refractivity contribution in [1.82, 2.24) is 24.6 Å². The Balaban J connectivity index is 1.45. The molecule has 2 N–H and O–H groups in total. The third-order valence-corrected chi connectivity index (χ3v) is 5.25. The second-order valence-electron chi connectivity index (χ2n) is 7.20. The van der Waals surface area contributed by atoms with Crippen LogP contribution in [0.5, 0.6) is 5.75 Å². The van der Waals surface area contributed by atoms with Gasteiger partial charge in [0.2, 0.25) is 5.91 Å². The quantitative estimate of drug-likeness (QED) is 0.655. The summed E-state index contributed by atoms with van der Waals surface area (Å²) in [5.41, 5.74) is 9.18. The topological polar surface area (TPSA) is 99.2 Å². The number of carbonyl (C=O) groups is 1. The number of likely N-dealkylation sites (tertiary alicyclic amines) is 1. The predicted molar refractivity (Wildman–Crippen MR) is 110 cm³/mol. The Hall–Kier alpha value is -3.00. The van der Waals surface area contributed by atoms with E-state index >= 15 is 0 Å².